The zero-order valence-corrected chi connectivity index (χ0v) is 6.78. The summed E-state index contributed by atoms with van der Waals surface area (Å²) >= 11 is 0. The lowest BCUT2D eigenvalue weighted by Crippen LogP contribution is -2.16. The van der Waals surface area contributed by atoms with Gasteiger partial charge < -0.3 is 14.8 Å². The van der Waals surface area contributed by atoms with Crippen LogP contribution < -0.4 is 0 Å². The smallest absolute Gasteiger partial charge is 0.313 e. The Labute approximate surface area is 70.2 Å². The van der Waals surface area contributed by atoms with Crippen molar-refractivity contribution in [3.05, 3.63) is 24.0 Å². The van der Waals surface area contributed by atoms with Crippen LogP contribution in [0.3, 0.4) is 0 Å². The van der Waals surface area contributed by atoms with Crippen LogP contribution in [0.15, 0.2) is 18.5 Å². The Hall–Kier alpha value is -1.29. The van der Waals surface area contributed by atoms with Crippen LogP contribution in [0.25, 0.3) is 0 Å². The maximum atomic E-state index is 10.7. The highest BCUT2D eigenvalue weighted by atomic mass is 16.5. The Bertz CT molecular complexity index is 243. The fourth-order valence-electron chi connectivity index (χ4n) is 1.03. The number of hydrogen-bond donors (Lipinski definition) is 2. The van der Waals surface area contributed by atoms with Gasteiger partial charge in [-0.15, -0.1) is 0 Å². The van der Waals surface area contributed by atoms with Gasteiger partial charge in [0.2, 0.25) is 0 Å². The maximum absolute atomic E-state index is 10.7. The molecule has 0 spiro atoms. The van der Waals surface area contributed by atoms with Gasteiger partial charge in [-0.1, -0.05) is 0 Å². The average Bonchev–Trinajstić information content (AvgIpc) is 2.51. The minimum absolute atomic E-state index is 0.202. The molecule has 0 saturated carbocycles. The number of hydrogen-bond acceptors (Lipinski definition) is 2. The summed E-state index contributed by atoms with van der Waals surface area (Å²) < 4.78 is 4.79. The average molecular weight is 169 g/mol. The molecule has 4 nitrogen and oxygen atoms in total. The van der Waals surface area contributed by atoms with E-state index in [2.05, 4.69) is 4.98 Å². The number of carbonyl (C=O) groups is 1. The first-order chi connectivity index (χ1) is 5.75. The molecular formula is C8H11NO3. The highest BCUT2D eigenvalue weighted by Gasteiger charge is 2.19. The van der Waals surface area contributed by atoms with E-state index in [1.165, 1.54) is 7.11 Å². The molecule has 1 atom stereocenters. The lowest BCUT2D eigenvalue weighted by Gasteiger charge is -2.08. The van der Waals surface area contributed by atoms with Crippen molar-refractivity contribution in [1.82, 2.24) is 4.98 Å². The lowest BCUT2D eigenvalue weighted by atomic mass is 10.0. The number of carboxylic acids is 1. The molecule has 0 aliphatic rings. The summed E-state index contributed by atoms with van der Waals surface area (Å²) in [7, 11) is 1.49. The summed E-state index contributed by atoms with van der Waals surface area (Å²) in [6.07, 6.45) is 3.36. The molecule has 0 saturated heterocycles. The summed E-state index contributed by atoms with van der Waals surface area (Å²) in [5.41, 5.74) is 0.740. The number of methoxy groups -OCH3 is 1. The Balaban J connectivity index is 2.73. The predicted octanol–water partition coefficient (Wildman–Crippen LogP) is 0.829. The van der Waals surface area contributed by atoms with E-state index in [4.69, 9.17) is 9.84 Å². The first-order valence-corrected chi connectivity index (χ1v) is 3.60. The molecule has 2 N–H and O–H groups in total. The summed E-state index contributed by atoms with van der Waals surface area (Å²) in [4.78, 5) is 13.5. The third-order valence-electron chi connectivity index (χ3n) is 1.66. The molecule has 0 radical (unpaired) electrons. The van der Waals surface area contributed by atoms with Crippen LogP contribution in [0.1, 0.15) is 11.5 Å². The molecule has 12 heavy (non-hydrogen) atoms. The van der Waals surface area contributed by atoms with Crippen LogP contribution >= 0.6 is 0 Å². The third kappa shape index (κ3) is 1.85. The van der Waals surface area contributed by atoms with Crippen LogP contribution in [0.2, 0.25) is 0 Å². The van der Waals surface area contributed by atoms with Crippen molar-refractivity contribution in [3.63, 3.8) is 0 Å². The van der Waals surface area contributed by atoms with E-state index in [1.807, 2.05) is 0 Å². The molecule has 1 aromatic heterocycles. The van der Waals surface area contributed by atoms with Crippen LogP contribution in [-0.2, 0) is 9.53 Å². The highest BCUT2D eigenvalue weighted by Crippen LogP contribution is 2.14. The van der Waals surface area contributed by atoms with Crippen LogP contribution in [0.4, 0.5) is 0 Å². The van der Waals surface area contributed by atoms with Gasteiger partial charge in [-0.25, -0.2) is 0 Å². The molecule has 0 fully saturated rings. The molecule has 0 bridgehead atoms. The maximum Gasteiger partial charge on any atom is 0.313 e. The van der Waals surface area contributed by atoms with Gasteiger partial charge in [-0.3, -0.25) is 4.79 Å². The van der Waals surface area contributed by atoms with Crippen molar-refractivity contribution in [1.29, 1.82) is 0 Å². The number of ether oxygens (including phenoxy) is 1. The van der Waals surface area contributed by atoms with E-state index in [0.29, 0.717) is 0 Å². The molecule has 0 amide bonds. The number of aliphatic carboxylic acids is 1. The molecule has 0 aromatic carbocycles. The molecule has 1 aromatic rings. The number of aromatic amines is 1. The van der Waals surface area contributed by atoms with Crippen molar-refractivity contribution in [2.75, 3.05) is 13.7 Å². The first-order valence-electron chi connectivity index (χ1n) is 3.60. The fraction of sp³-hybridized carbons (Fsp3) is 0.375. The van der Waals surface area contributed by atoms with Crippen molar-refractivity contribution < 1.29 is 14.6 Å². The van der Waals surface area contributed by atoms with Gasteiger partial charge in [0.25, 0.3) is 0 Å². The van der Waals surface area contributed by atoms with Gasteiger partial charge in [0.15, 0.2) is 0 Å². The molecule has 0 aliphatic carbocycles. The standard InChI is InChI=1S/C8H11NO3/c1-12-5-7(8(10)11)6-2-3-9-4-6/h2-4,7,9H,5H2,1H3,(H,10,11). The van der Waals surface area contributed by atoms with Crippen LogP contribution in [0, 0.1) is 0 Å². The highest BCUT2D eigenvalue weighted by molar-refractivity contribution is 5.76. The van der Waals surface area contributed by atoms with Gasteiger partial charge in [0.1, 0.15) is 5.92 Å². The Morgan fingerprint density at radius 1 is 1.83 bits per heavy atom. The number of H-pyrrole nitrogens is 1. The van der Waals surface area contributed by atoms with Gasteiger partial charge in [0.05, 0.1) is 6.61 Å². The summed E-state index contributed by atoms with van der Waals surface area (Å²) in [6, 6.07) is 1.73. The number of rotatable bonds is 4. The van der Waals surface area contributed by atoms with Crippen LogP contribution in [-0.4, -0.2) is 29.8 Å². The SMILES string of the molecule is COCC(C(=O)O)c1cc[nH]c1. The van der Waals surface area contributed by atoms with E-state index in [-0.39, 0.29) is 6.61 Å². The van der Waals surface area contributed by atoms with E-state index in [0.717, 1.165) is 5.56 Å². The number of aromatic nitrogens is 1. The molecule has 0 aliphatic heterocycles. The van der Waals surface area contributed by atoms with Gasteiger partial charge >= 0.3 is 5.97 Å². The lowest BCUT2D eigenvalue weighted by molar-refractivity contribution is -0.140. The van der Waals surface area contributed by atoms with Gasteiger partial charge in [-0.2, -0.15) is 0 Å². The normalized spacial score (nSPS) is 12.8. The fourth-order valence-corrected chi connectivity index (χ4v) is 1.03. The molecule has 1 unspecified atom stereocenters. The van der Waals surface area contributed by atoms with E-state index >= 15 is 0 Å². The quantitative estimate of drug-likeness (QED) is 0.701. The predicted molar refractivity (Wildman–Crippen MR) is 43.0 cm³/mol. The molecule has 1 rings (SSSR count). The van der Waals surface area contributed by atoms with E-state index in [9.17, 15) is 4.79 Å². The zero-order chi connectivity index (χ0) is 8.97. The molecule has 66 valence electrons. The van der Waals surface area contributed by atoms with Crippen molar-refractivity contribution >= 4 is 5.97 Å². The second kappa shape index (κ2) is 3.92. The van der Waals surface area contributed by atoms with Gasteiger partial charge in [0, 0.05) is 19.5 Å². The first kappa shape index (κ1) is 8.80. The minimum Gasteiger partial charge on any atom is -0.481 e. The Kier molecular flexibility index (Phi) is 2.88. The minimum atomic E-state index is -0.864. The largest absolute Gasteiger partial charge is 0.481 e. The van der Waals surface area contributed by atoms with Crippen molar-refractivity contribution in [2.45, 2.75) is 5.92 Å². The van der Waals surface area contributed by atoms with Gasteiger partial charge in [-0.05, 0) is 11.6 Å². The van der Waals surface area contributed by atoms with Crippen molar-refractivity contribution in [3.8, 4) is 0 Å². The second-order valence-electron chi connectivity index (χ2n) is 2.49. The Morgan fingerprint density at radius 3 is 3.00 bits per heavy atom. The molecular weight excluding hydrogens is 158 g/mol. The summed E-state index contributed by atoms with van der Waals surface area (Å²) in [6.45, 7) is 0.202. The second-order valence-corrected chi connectivity index (χ2v) is 2.49. The summed E-state index contributed by atoms with van der Waals surface area (Å²) in [5.74, 6) is -1.43. The zero-order valence-electron chi connectivity index (χ0n) is 6.78. The monoisotopic (exact) mass is 169 g/mol. The molecule has 1 heterocycles. The molecule has 4 heteroatoms. The Morgan fingerprint density at radius 2 is 2.58 bits per heavy atom. The number of carboxylic acid groups (broad SMARTS) is 1. The topological polar surface area (TPSA) is 62.3 Å². The third-order valence-corrected chi connectivity index (χ3v) is 1.66. The van der Waals surface area contributed by atoms with E-state index < -0.39 is 11.9 Å². The number of nitrogens with one attached hydrogen (secondary N) is 1. The van der Waals surface area contributed by atoms with E-state index in [1.54, 1.807) is 18.5 Å². The van der Waals surface area contributed by atoms with Crippen molar-refractivity contribution in [2.24, 2.45) is 0 Å². The summed E-state index contributed by atoms with van der Waals surface area (Å²) in [5, 5.41) is 8.78. The van der Waals surface area contributed by atoms with Crippen LogP contribution in [0.5, 0.6) is 0 Å².